The van der Waals surface area contributed by atoms with Crippen molar-refractivity contribution in [3.8, 4) is 0 Å². The number of carboxylic acid groups (broad SMARTS) is 1. The molecule has 2 amide bonds. The van der Waals surface area contributed by atoms with Crippen LogP contribution in [0.25, 0.3) is 0 Å². The van der Waals surface area contributed by atoms with E-state index in [0.29, 0.717) is 19.8 Å². The topological polar surface area (TPSA) is 70.1 Å². The van der Waals surface area contributed by atoms with Gasteiger partial charge in [0.1, 0.15) is 6.04 Å². The van der Waals surface area contributed by atoms with Crippen LogP contribution in [0.2, 0.25) is 0 Å². The van der Waals surface area contributed by atoms with Crippen molar-refractivity contribution >= 4 is 12.0 Å². The van der Waals surface area contributed by atoms with Gasteiger partial charge in [0, 0.05) is 32.8 Å². The molecule has 120 valence electrons. The molecule has 0 spiro atoms. The molecule has 0 bridgehead atoms. The number of hydrogen-bond acceptors (Lipinski definition) is 3. The number of urea groups is 1. The minimum atomic E-state index is -0.909. The summed E-state index contributed by atoms with van der Waals surface area (Å²) >= 11 is 0. The number of nitrogens with zero attached hydrogens (tertiary/aromatic N) is 2. The lowest BCUT2D eigenvalue weighted by molar-refractivity contribution is -0.148. The van der Waals surface area contributed by atoms with E-state index in [1.807, 2.05) is 13.8 Å². The summed E-state index contributed by atoms with van der Waals surface area (Å²) in [6.07, 6.45) is 3.31. The van der Waals surface area contributed by atoms with Gasteiger partial charge < -0.3 is 19.6 Å². The summed E-state index contributed by atoms with van der Waals surface area (Å²) in [4.78, 5) is 27.7. The first-order valence-electron chi connectivity index (χ1n) is 7.68. The molecular weight excluding hydrogens is 272 g/mol. The van der Waals surface area contributed by atoms with Crippen molar-refractivity contribution in [2.75, 3.05) is 26.8 Å². The number of rotatable bonds is 2. The molecule has 2 aliphatic heterocycles. The summed E-state index contributed by atoms with van der Waals surface area (Å²) < 4.78 is 5.32. The Morgan fingerprint density at radius 1 is 1.29 bits per heavy atom. The van der Waals surface area contributed by atoms with E-state index < -0.39 is 17.4 Å². The predicted octanol–water partition coefficient (Wildman–Crippen LogP) is 1.79. The Hall–Kier alpha value is -1.30. The van der Waals surface area contributed by atoms with E-state index in [-0.39, 0.29) is 12.1 Å². The molecule has 6 heteroatoms. The van der Waals surface area contributed by atoms with Gasteiger partial charge in [0.05, 0.1) is 0 Å². The monoisotopic (exact) mass is 298 g/mol. The van der Waals surface area contributed by atoms with Crippen LogP contribution in [0.5, 0.6) is 0 Å². The highest BCUT2D eigenvalue weighted by molar-refractivity contribution is 5.83. The van der Waals surface area contributed by atoms with E-state index in [9.17, 15) is 14.7 Å². The van der Waals surface area contributed by atoms with Crippen LogP contribution in [-0.4, -0.2) is 65.8 Å². The Labute approximate surface area is 126 Å². The Morgan fingerprint density at radius 3 is 2.48 bits per heavy atom. The first kappa shape index (κ1) is 16.1. The van der Waals surface area contributed by atoms with Gasteiger partial charge in [-0.25, -0.2) is 9.59 Å². The Kier molecular flexibility index (Phi) is 4.76. The number of amides is 2. The van der Waals surface area contributed by atoms with E-state index in [1.54, 1.807) is 16.8 Å². The van der Waals surface area contributed by atoms with E-state index in [4.69, 9.17) is 4.74 Å². The summed E-state index contributed by atoms with van der Waals surface area (Å²) in [5.41, 5.74) is -0.393. The van der Waals surface area contributed by atoms with E-state index >= 15 is 0 Å². The molecule has 2 saturated heterocycles. The number of carboxylic acids is 1. The standard InChI is InChI=1S/C15H26N2O4/c1-15(2)7-4-8-17(12(15)13(18)19)14(20)16(3)11-5-9-21-10-6-11/h11-12H,4-10H2,1-3H3,(H,18,19). The normalized spacial score (nSPS) is 26.4. The van der Waals surface area contributed by atoms with Gasteiger partial charge in [-0.3, -0.25) is 0 Å². The summed E-state index contributed by atoms with van der Waals surface area (Å²) in [7, 11) is 1.78. The molecule has 1 atom stereocenters. The fourth-order valence-corrected chi connectivity index (χ4v) is 3.50. The Morgan fingerprint density at radius 2 is 1.90 bits per heavy atom. The number of likely N-dealkylation sites (tertiary alicyclic amines) is 1. The third kappa shape index (κ3) is 3.31. The molecule has 0 aromatic rings. The van der Waals surface area contributed by atoms with Crippen molar-refractivity contribution in [1.29, 1.82) is 0 Å². The zero-order valence-corrected chi connectivity index (χ0v) is 13.2. The highest BCUT2D eigenvalue weighted by Gasteiger charge is 2.45. The number of carbonyl (C=O) groups excluding carboxylic acids is 1. The predicted molar refractivity (Wildman–Crippen MR) is 78.1 cm³/mol. The van der Waals surface area contributed by atoms with Crippen LogP contribution in [0, 0.1) is 5.41 Å². The summed E-state index contributed by atoms with van der Waals surface area (Å²) in [5, 5.41) is 9.55. The molecule has 21 heavy (non-hydrogen) atoms. The molecule has 2 heterocycles. The third-order valence-electron chi connectivity index (χ3n) is 4.79. The summed E-state index contributed by atoms with van der Waals surface area (Å²) in [6, 6.07) is -0.770. The van der Waals surface area contributed by atoms with Gasteiger partial charge >= 0.3 is 12.0 Å². The minimum Gasteiger partial charge on any atom is -0.480 e. The van der Waals surface area contributed by atoms with Gasteiger partial charge in [0.15, 0.2) is 0 Å². The van der Waals surface area contributed by atoms with Crippen molar-refractivity contribution in [3.05, 3.63) is 0 Å². The van der Waals surface area contributed by atoms with Crippen molar-refractivity contribution in [1.82, 2.24) is 9.80 Å². The Bertz CT molecular complexity index is 404. The third-order valence-corrected chi connectivity index (χ3v) is 4.79. The van der Waals surface area contributed by atoms with Crippen molar-refractivity contribution in [2.24, 2.45) is 5.41 Å². The van der Waals surface area contributed by atoms with Crippen LogP contribution < -0.4 is 0 Å². The lowest BCUT2D eigenvalue weighted by atomic mass is 9.76. The lowest BCUT2D eigenvalue weighted by Crippen LogP contribution is -2.60. The van der Waals surface area contributed by atoms with Gasteiger partial charge in [-0.15, -0.1) is 0 Å². The smallest absolute Gasteiger partial charge is 0.327 e. The van der Waals surface area contributed by atoms with Crippen LogP contribution in [0.1, 0.15) is 39.5 Å². The maximum atomic E-state index is 12.7. The van der Waals surface area contributed by atoms with Gasteiger partial charge in [-0.1, -0.05) is 13.8 Å². The van der Waals surface area contributed by atoms with Crippen LogP contribution in [0.15, 0.2) is 0 Å². The van der Waals surface area contributed by atoms with E-state index in [1.165, 1.54) is 0 Å². The average molecular weight is 298 g/mol. The molecule has 0 saturated carbocycles. The van der Waals surface area contributed by atoms with Crippen molar-refractivity contribution in [3.63, 3.8) is 0 Å². The highest BCUT2D eigenvalue weighted by Crippen LogP contribution is 2.36. The molecule has 1 unspecified atom stereocenters. The number of hydrogen-bond donors (Lipinski definition) is 1. The van der Waals surface area contributed by atoms with E-state index in [2.05, 4.69) is 0 Å². The minimum absolute atomic E-state index is 0.144. The number of ether oxygens (including phenoxy) is 1. The first-order valence-corrected chi connectivity index (χ1v) is 7.68. The quantitative estimate of drug-likeness (QED) is 0.844. The molecule has 2 fully saturated rings. The molecule has 0 aromatic heterocycles. The van der Waals surface area contributed by atoms with Gasteiger partial charge in [-0.2, -0.15) is 0 Å². The average Bonchev–Trinajstić information content (AvgIpc) is 2.45. The molecule has 2 rings (SSSR count). The van der Waals surface area contributed by atoms with E-state index in [0.717, 1.165) is 25.7 Å². The molecule has 2 aliphatic rings. The van der Waals surface area contributed by atoms with Crippen LogP contribution in [0.4, 0.5) is 4.79 Å². The van der Waals surface area contributed by atoms with Crippen LogP contribution >= 0.6 is 0 Å². The van der Waals surface area contributed by atoms with Crippen molar-refractivity contribution in [2.45, 2.75) is 51.6 Å². The fraction of sp³-hybridized carbons (Fsp3) is 0.867. The van der Waals surface area contributed by atoms with Crippen molar-refractivity contribution < 1.29 is 19.4 Å². The molecule has 0 aliphatic carbocycles. The maximum Gasteiger partial charge on any atom is 0.327 e. The van der Waals surface area contributed by atoms with Crippen LogP contribution in [0.3, 0.4) is 0 Å². The second-order valence-electron chi connectivity index (χ2n) is 6.76. The number of aliphatic carboxylic acids is 1. The zero-order chi connectivity index (χ0) is 15.6. The zero-order valence-electron chi connectivity index (χ0n) is 13.2. The summed E-state index contributed by atoms with van der Waals surface area (Å²) in [6.45, 7) is 5.71. The summed E-state index contributed by atoms with van der Waals surface area (Å²) in [5.74, 6) is -0.909. The van der Waals surface area contributed by atoms with Gasteiger partial charge in [-0.05, 0) is 31.1 Å². The molecular formula is C15H26N2O4. The van der Waals surface area contributed by atoms with Crippen LogP contribution in [-0.2, 0) is 9.53 Å². The highest BCUT2D eigenvalue weighted by atomic mass is 16.5. The van der Waals surface area contributed by atoms with Gasteiger partial charge in [0.2, 0.25) is 0 Å². The molecule has 0 radical (unpaired) electrons. The fourth-order valence-electron chi connectivity index (χ4n) is 3.50. The second-order valence-corrected chi connectivity index (χ2v) is 6.76. The number of carbonyl (C=O) groups is 2. The lowest BCUT2D eigenvalue weighted by Gasteiger charge is -2.46. The molecule has 1 N–H and O–H groups in total. The Balaban J connectivity index is 2.13. The molecule has 6 nitrogen and oxygen atoms in total. The first-order chi connectivity index (χ1) is 9.84. The number of piperidine rings is 1. The maximum absolute atomic E-state index is 12.7. The second kappa shape index (κ2) is 6.22. The van der Waals surface area contributed by atoms with Gasteiger partial charge in [0.25, 0.3) is 0 Å². The largest absolute Gasteiger partial charge is 0.480 e. The SMILES string of the molecule is CN(C(=O)N1CCCC(C)(C)C1C(=O)O)C1CCOCC1. The molecule has 0 aromatic carbocycles.